The van der Waals surface area contributed by atoms with Gasteiger partial charge in [-0.25, -0.2) is 0 Å². The number of methoxy groups -OCH3 is 3. The molecule has 5 heteroatoms. The molecular weight excluding hydrogens is 340 g/mol. The van der Waals surface area contributed by atoms with Crippen molar-refractivity contribution in [3.63, 3.8) is 0 Å². The van der Waals surface area contributed by atoms with Crippen LogP contribution in [0.15, 0.2) is 54.7 Å². The van der Waals surface area contributed by atoms with Gasteiger partial charge in [0.05, 0.1) is 26.8 Å². The fourth-order valence-electron chi connectivity index (χ4n) is 3.34. The highest BCUT2D eigenvalue weighted by Crippen LogP contribution is 2.34. The quantitative estimate of drug-likeness (QED) is 0.528. The fourth-order valence-corrected chi connectivity index (χ4v) is 3.34. The molecule has 5 nitrogen and oxygen atoms in total. The molecule has 2 aromatic heterocycles. The van der Waals surface area contributed by atoms with Crippen LogP contribution in [0, 0.1) is 0 Å². The number of hydrogen-bond acceptors (Lipinski definition) is 5. The Hall–Kier alpha value is -3.34. The third kappa shape index (κ3) is 3.12. The van der Waals surface area contributed by atoms with Crippen LogP contribution in [0.1, 0.15) is 11.1 Å². The number of benzene rings is 2. The number of ether oxygens (including phenoxy) is 3. The fraction of sp³-hybridized carbons (Fsp3) is 0.182. The van der Waals surface area contributed by atoms with Crippen molar-refractivity contribution >= 4 is 21.7 Å². The molecule has 4 rings (SSSR count). The van der Waals surface area contributed by atoms with E-state index in [1.807, 2.05) is 42.6 Å². The van der Waals surface area contributed by atoms with Gasteiger partial charge in [0.15, 0.2) is 0 Å². The minimum absolute atomic E-state index is 0.565. The molecule has 0 bridgehead atoms. The molecule has 0 saturated carbocycles. The molecule has 4 aromatic rings. The van der Waals surface area contributed by atoms with Crippen molar-refractivity contribution in [2.24, 2.45) is 0 Å². The zero-order chi connectivity index (χ0) is 18.8. The van der Waals surface area contributed by atoms with E-state index in [9.17, 15) is 0 Å². The SMILES string of the molecule is COc1ccc2cc(Cc3c(OC)nc(OC)c4ccccc34)cnc2c1. The van der Waals surface area contributed by atoms with Gasteiger partial charge in [-0.2, -0.15) is 4.98 Å². The summed E-state index contributed by atoms with van der Waals surface area (Å²) in [5.74, 6) is 1.94. The summed E-state index contributed by atoms with van der Waals surface area (Å²) in [4.78, 5) is 9.13. The van der Waals surface area contributed by atoms with Crippen LogP contribution in [0.25, 0.3) is 21.7 Å². The van der Waals surface area contributed by atoms with Gasteiger partial charge in [0, 0.05) is 35.0 Å². The number of rotatable bonds is 5. The van der Waals surface area contributed by atoms with Crippen molar-refractivity contribution in [1.82, 2.24) is 9.97 Å². The largest absolute Gasteiger partial charge is 0.497 e. The summed E-state index contributed by atoms with van der Waals surface area (Å²) >= 11 is 0. The van der Waals surface area contributed by atoms with Crippen LogP contribution in [0.2, 0.25) is 0 Å². The van der Waals surface area contributed by atoms with Gasteiger partial charge in [-0.05, 0) is 35.2 Å². The second-order valence-electron chi connectivity index (χ2n) is 6.23. The minimum atomic E-state index is 0.565. The molecule has 0 amide bonds. The first-order valence-electron chi connectivity index (χ1n) is 8.65. The third-order valence-electron chi connectivity index (χ3n) is 4.66. The Labute approximate surface area is 157 Å². The lowest BCUT2D eigenvalue weighted by molar-refractivity contribution is 0.366. The Kier molecular flexibility index (Phi) is 4.50. The Morgan fingerprint density at radius 2 is 1.59 bits per heavy atom. The van der Waals surface area contributed by atoms with E-state index >= 15 is 0 Å². The van der Waals surface area contributed by atoms with Gasteiger partial charge in [-0.3, -0.25) is 4.98 Å². The molecule has 0 fully saturated rings. The van der Waals surface area contributed by atoms with Gasteiger partial charge in [0.1, 0.15) is 5.75 Å². The Balaban J connectivity index is 1.82. The van der Waals surface area contributed by atoms with Gasteiger partial charge in [-0.15, -0.1) is 0 Å². The van der Waals surface area contributed by atoms with Crippen LogP contribution in [0.5, 0.6) is 17.5 Å². The summed E-state index contributed by atoms with van der Waals surface area (Å²) in [6.45, 7) is 0. The second-order valence-corrected chi connectivity index (χ2v) is 6.23. The lowest BCUT2D eigenvalue weighted by Crippen LogP contribution is -2.01. The van der Waals surface area contributed by atoms with E-state index in [-0.39, 0.29) is 0 Å². The minimum Gasteiger partial charge on any atom is -0.497 e. The predicted molar refractivity (Wildman–Crippen MR) is 106 cm³/mol. The maximum Gasteiger partial charge on any atom is 0.224 e. The first kappa shape index (κ1) is 17.1. The normalized spacial score (nSPS) is 10.9. The standard InChI is InChI=1S/C22H20N2O3/c1-25-16-9-8-15-10-14(13-23-20(15)12-16)11-19-17-6-4-5-7-18(17)21(26-2)24-22(19)27-3/h4-10,12-13H,11H2,1-3H3. The Morgan fingerprint density at radius 3 is 2.33 bits per heavy atom. The molecule has 0 spiro atoms. The van der Waals surface area contributed by atoms with E-state index in [1.165, 1.54) is 0 Å². The van der Waals surface area contributed by atoms with E-state index in [2.05, 4.69) is 22.1 Å². The molecule has 27 heavy (non-hydrogen) atoms. The molecule has 0 aliphatic rings. The average molecular weight is 360 g/mol. The number of hydrogen-bond donors (Lipinski definition) is 0. The zero-order valence-corrected chi connectivity index (χ0v) is 15.5. The monoisotopic (exact) mass is 360 g/mol. The third-order valence-corrected chi connectivity index (χ3v) is 4.66. The van der Waals surface area contributed by atoms with E-state index in [0.29, 0.717) is 18.2 Å². The second kappa shape index (κ2) is 7.11. The van der Waals surface area contributed by atoms with Crippen LogP contribution >= 0.6 is 0 Å². The van der Waals surface area contributed by atoms with E-state index in [4.69, 9.17) is 14.2 Å². The van der Waals surface area contributed by atoms with E-state index in [0.717, 1.165) is 38.6 Å². The molecule has 2 aromatic carbocycles. The van der Waals surface area contributed by atoms with Gasteiger partial charge < -0.3 is 14.2 Å². The molecule has 0 N–H and O–H groups in total. The smallest absolute Gasteiger partial charge is 0.224 e. The van der Waals surface area contributed by atoms with Crippen molar-refractivity contribution in [1.29, 1.82) is 0 Å². The van der Waals surface area contributed by atoms with Crippen LogP contribution in [0.3, 0.4) is 0 Å². The van der Waals surface area contributed by atoms with E-state index in [1.54, 1.807) is 21.3 Å². The van der Waals surface area contributed by atoms with Crippen molar-refractivity contribution in [3.8, 4) is 17.5 Å². The van der Waals surface area contributed by atoms with Crippen LogP contribution in [-0.4, -0.2) is 31.3 Å². The van der Waals surface area contributed by atoms with Crippen molar-refractivity contribution < 1.29 is 14.2 Å². The van der Waals surface area contributed by atoms with Crippen molar-refractivity contribution in [3.05, 3.63) is 65.9 Å². The van der Waals surface area contributed by atoms with Crippen molar-refractivity contribution in [2.45, 2.75) is 6.42 Å². The predicted octanol–water partition coefficient (Wildman–Crippen LogP) is 4.40. The molecule has 136 valence electrons. The first-order chi connectivity index (χ1) is 13.2. The molecule has 0 atom stereocenters. The topological polar surface area (TPSA) is 53.5 Å². The van der Waals surface area contributed by atoms with Crippen LogP contribution in [0.4, 0.5) is 0 Å². The number of aromatic nitrogens is 2. The summed E-state index contributed by atoms with van der Waals surface area (Å²) in [6.07, 6.45) is 2.55. The maximum absolute atomic E-state index is 5.56. The Bertz CT molecular complexity index is 1130. The number of pyridine rings is 2. The number of fused-ring (bicyclic) bond motifs is 2. The molecule has 0 saturated heterocycles. The Morgan fingerprint density at radius 1 is 0.815 bits per heavy atom. The lowest BCUT2D eigenvalue weighted by Gasteiger charge is -2.14. The summed E-state index contributed by atoms with van der Waals surface area (Å²) in [6, 6.07) is 16.1. The molecule has 0 aliphatic heterocycles. The molecule has 0 aliphatic carbocycles. The highest BCUT2D eigenvalue weighted by molar-refractivity contribution is 5.91. The summed E-state index contributed by atoms with van der Waals surface area (Å²) in [7, 11) is 4.91. The van der Waals surface area contributed by atoms with Gasteiger partial charge in [-0.1, -0.05) is 18.2 Å². The molecular formula is C22H20N2O3. The zero-order valence-electron chi connectivity index (χ0n) is 15.5. The number of nitrogens with zero attached hydrogens (tertiary/aromatic N) is 2. The average Bonchev–Trinajstić information content (AvgIpc) is 2.73. The molecule has 0 radical (unpaired) electrons. The summed E-state index contributed by atoms with van der Waals surface area (Å²) in [5, 5.41) is 3.10. The summed E-state index contributed by atoms with van der Waals surface area (Å²) < 4.78 is 16.3. The van der Waals surface area contributed by atoms with Crippen molar-refractivity contribution in [2.75, 3.05) is 21.3 Å². The highest BCUT2D eigenvalue weighted by Gasteiger charge is 2.15. The van der Waals surface area contributed by atoms with E-state index < -0.39 is 0 Å². The van der Waals surface area contributed by atoms with Crippen LogP contribution in [-0.2, 0) is 6.42 Å². The first-order valence-corrected chi connectivity index (χ1v) is 8.65. The molecule has 0 unspecified atom stereocenters. The van der Waals surface area contributed by atoms with Gasteiger partial charge in [0.25, 0.3) is 0 Å². The summed E-state index contributed by atoms with van der Waals surface area (Å²) in [5.41, 5.74) is 3.01. The van der Waals surface area contributed by atoms with Gasteiger partial charge >= 0.3 is 0 Å². The van der Waals surface area contributed by atoms with Gasteiger partial charge in [0.2, 0.25) is 11.8 Å². The maximum atomic E-state index is 5.56. The molecule has 2 heterocycles. The van der Waals surface area contributed by atoms with Crippen LogP contribution < -0.4 is 14.2 Å². The lowest BCUT2D eigenvalue weighted by atomic mass is 10.00. The highest BCUT2D eigenvalue weighted by atomic mass is 16.5.